The van der Waals surface area contributed by atoms with Crippen LogP contribution in [0, 0.1) is 21.4 Å². The van der Waals surface area contributed by atoms with Crippen LogP contribution in [0.15, 0.2) is 36.5 Å². The Hall–Kier alpha value is -3.14. The van der Waals surface area contributed by atoms with Crippen LogP contribution in [0.3, 0.4) is 0 Å². The number of nitro benzene ring substituents is 1. The van der Waals surface area contributed by atoms with E-state index < -0.39 is 4.92 Å². The fraction of sp³-hybridized carbons (Fsp3) is 0.0769. The summed E-state index contributed by atoms with van der Waals surface area (Å²) in [5, 5.41) is 31.7. The zero-order valence-electron chi connectivity index (χ0n) is 10.3. The summed E-state index contributed by atoms with van der Waals surface area (Å²) in [5.41, 5.74) is 0.998. The predicted octanol–water partition coefficient (Wildman–Crippen LogP) is 2.18. The first-order valence-electron chi connectivity index (χ1n) is 5.66. The van der Waals surface area contributed by atoms with Gasteiger partial charge in [0.1, 0.15) is 11.4 Å². The van der Waals surface area contributed by atoms with E-state index in [1.807, 2.05) is 6.07 Å². The van der Waals surface area contributed by atoms with Crippen molar-refractivity contribution in [3.05, 3.63) is 57.9 Å². The van der Waals surface area contributed by atoms with Gasteiger partial charge >= 0.3 is 0 Å². The van der Waals surface area contributed by atoms with Gasteiger partial charge in [-0.25, -0.2) is 0 Å². The molecule has 20 heavy (non-hydrogen) atoms. The van der Waals surface area contributed by atoms with Crippen molar-refractivity contribution >= 4 is 11.4 Å². The summed E-state index contributed by atoms with van der Waals surface area (Å²) in [6.45, 7) is 0.271. The van der Waals surface area contributed by atoms with Crippen molar-refractivity contribution < 1.29 is 10.0 Å². The minimum absolute atomic E-state index is 0.0538. The van der Waals surface area contributed by atoms with Crippen LogP contribution in [-0.2, 0) is 6.54 Å². The van der Waals surface area contributed by atoms with Crippen molar-refractivity contribution in [2.24, 2.45) is 0 Å². The third kappa shape index (κ3) is 3.00. The maximum atomic E-state index is 11.0. The summed E-state index contributed by atoms with van der Waals surface area (Å²) in [6, 6.07) is 9.15. The molecule has 0 saturated heterocycles. The summed E-state index contributed by atoms with van der Waals surface area (Å²) in [5.74, 6) is 0.0538. The van der Waals surface area contributed by atoms with Crippen LogP contribution in [0.4, 0.5) is 11.4 Å². The van der Waals surface area contributed by atoms with Crippen LogP contribution in [0.5, 0.6) is 5.75 Å². The number of nitriles is 1. The molecule has 100 valence electrons. The number of benzene rings is 1. The van der Waals surface area contributed by atoms with E-state index in [1.54, 1.807) is 6.07 Å². The number of aromatic hydroxyl groups is 1. The molecule has 0 bridgehead atoms. The number of nitrogens with zero attached hydrogens (tertiary/aromatic N) is 3. The van der Waals surface area contributed by atoms with E-state index in [-0.39, 0.29) is 23.5 Å². The Morgan fingerprint density at radius 3 is 2.80 bits per heavy atom. The topological polar surface area (TPSA) is 112 Å². The minimum Gasteiger partial charge on any atom is -0.506 e. The van der Waals surface area contributed by atoms with Gasteiger partial charge in [-0.05, 0) is 24.3 Å². The smallest absolute Gasteiger partial charge is 0.293 e. The van der Waals surface area contributed by atoms with Gasteiger partial charge in [-0.1, -0.05) is 0 Å². The summed E-state index contributed by atoms with van der Waals surface area (Å²) >= 11 is 0. The molecule has 1 aromatic carbocycles. The van der Waals surface area contributed by atoms with Gasteiger partial charge < -0.3 is 10.4 Å². The Balaban J connectivity index is 2.19. The minimum atomic E-state index is -0.548. The van der Waals surface area contributed by atoms with E-state index in [9.17, 15) is 10.1 Å². The van der Waals surface area contributed by atoms with Gasteiger partial charge in [0, 0.05) is 6.07 Å². The quantitative estimate of drug-likeness (QED) is 0.650. The molecular weight excluding hydrogens is 260 g/mol. The Kier molecular flexibility index (Phi) is 3.77. The Morgan fingerprint density at radius 2 is 2.20 bits per heavy atom. The first-order chi connectivity index (χ1) is 9.60. The number of anilines is 1. The molecule has 0 aliphatic heterocycles. The highest BCUT2D eigenvalue weighted by Gasteiger charge is 2.14. The maximum absolute atomic E-state index is 11.0. The van der Waals surface area contributed by atoms with Gasteiger partial charge in [-0.3, -0.25) is 15.1 Å². The molecule has 0 spiro atoms. The average molecular weight is 270 g/mol. The SMILES string of the molecule is N#Cc1ccc(NCc2ccc(O)cn2)c([N+](=O)[O-])c1. The molecule has 7 heteroatoms. The molecule has 0 amide bonds. The molecule has 0 saturated carbocycles. The molecule has 1 aromatic heterocycles. The molecular formula is C13H10N4O3. The van der Waals surface area contributed by atoms with Gasteiger partial charge in [0.05, 0.1) is 35.0 Å². The highest BCUT2D eigenvalue weighted by Crippen LogP contribution is 2.25. The van der Waals surface area contributed by atoms with Crippen molar-refractivity contribution in [1.29, 1.82) is 5.26 Å². The van der Waals surface area contributed by atoms with Gasteiger partial charge in [-0.15, -0.1) is 0 Å². The second-order valence-corrected chi connectivity index (χ2v) is 3.96. The number of pyridine rings is 1. The van der Waals surface area contributed by atoms with E-state index in [2.05, 4.69) is 10.3 Å². The van der Waals surface area contributed by atoms with Crippen LogP contribution in [0.2, 0.25) is 0 Å². The lowest BCUT2D eigenvalue weighted by molar-refractivity contribution is -0.384. The third-order valence-electron chi connectivity index (χ3n) is 2.59. The van der Waals surface area contributed by atoms with Crippen molar-refractivity contribution in [1.82, 2.24) is 4.98 Å². The van der Waals surface area contributed by atoms with E-state index in [1.165, 1.54) is 30.5 Å². The largest absolute Gasteiger partial charge is 0.506 e. The van der Waals surface area contributed by atoms with Crippen molar-refractivity contribution in [2.45, 2.75) is 6.54 Å². The fourth-order valence-corrected chi connectivity index (χ4v) is 1.61. The number of aromatic nitrogens is 1. The molecule has 0 aliphatic carbocycles. The van der Waals surface area contributed by atoms with E-state index in [4.69, 9.17) is 10.4 Å². The lowest BCUT2D eigenvalue weighted by Gasteiger charge is -2.07. The molecule has 0 unspecified atom stereocenters. The number of hydrogen-bond donors (Lipinski definition) is 2. The zero-order valence-corrected chi connectivity index (χ0v) is 10.3. The number of nitrogens with one attached hydrogen (secondary N) is 1. The highest BCUT2D eigenvalue weighted by molar-refractivity contribution is 5.64. The third-order valence-corrected chi connectivity index (χ3v) is 2.59. The summed E-state index contributed by atoms with van der Waals surface area (Å²) in [4.78, 5) is 14.4. The first-order valence-corrected chi connectivity index (χ1v) is 5.66. The Morgan fingerprint density at radius 1 is 1.40 bits per heavy atom. The molecule has 0 atom stereocenters. The molecule has 2 rings (SSSR count). The average Bonchev–Trinajstić information content (AvgIpc) is 2.46. The van der Waals surface area contributed by atoms with Crippen molar-refractivity contribution in [2.75, 3.05) is 5.32 Å². The van der Waals surface area contributed by atoms with E-state index in [0.717, 1.165) is 0 Å². The maximum Gasteiger partial charge on any atom is 0.293 e. The van der Waals surface area contributed by atoms with Crippen LogP contribution in [0.25, 0.3) is 0 Å². The second-order valence-electron chi connectivity index (χ2n) is 3.96. The van der Waals surface area contributed by atoms with Gasteiger partial charge in [-0.2, -0.15) is 5.26 Å². The number of hydrogen-bond acceptors (Lipinski definition) is 6. The molecule has 0 aliphatic rings. The van der Waals surface area contributed by atoms with Crippen molar-refractivity contribution in [3.63, 3.8) is 0 Å². The van der Waals surface area contributed by atoms with Crippen LogP contribution < -0.4 is 5.32 Å². The van der Waals surface area contributed by atoms with Crippen molar-refractivity contribution in [3.8, 4) is 11.8 Å². The molecule has 7 nitrogen and oxygen atoms in total. The Labute approximate surface area is 114 Å². The molecule has 1 heterocycles. The van der Waals surface area contributed by atoms with Crippen LogP contribution in [-0.4, -0.2) is 15.0 Å². The summed E-state index contributed by atoms with van der Waals surface area (Å²) < 4.78 is 0. The zero-order chi connectivity index (χ0) is 14.5. The number of nitro groups is 1. The van der Waals surface area contributed by atoms with Crippen LogP contribution in [0.1, 0.15) is 11.3 Å². The lowest BCUT2D eigenvalue weighted by atomic mass is 10.2. The molecule has 2 aromatic rings. The normalized spacial score (nSPS) is 9.75. The fourth-order valence-electron chi connectivity index (χ4n) is 1.61. The second kappa shape index (κ2) is 5.67. The van der Waals surface area contributed by atoms with E-state index >= 15 is 0 Å². The Bertz CT molecular complexity index is 677. The summed E-state index contributed by atoms with van der Waals surface area (Å²) in [7, 11) is 0. The highest BCUT2D eigenvalue weighted by atomic mass is 16.6. The standard InChI is InChI=1S/C13H10N4O3/c14-6-9-1-4-12(13(5-9)17(19)20)16-7-10-2-3-11(18)8-15-10/h1-5,8,16,18H,7H2. The molecule has 0 radical (unpaired) electrons. The number of rotatable bonds is 4. The monoisotopic (exact) mass is 270 g/mol. The lowest BCUT2D eigenvalue weighted by Crippen LogP contribution is -2.04. The summed E-state index contributed by atoms with van der Waals surface area (Å²) in [6.07, 6.45) is 1.30. The van der Waals surface area contributed by atoms with Gasteiger partial charge in [0.2, 0.25) is 0 Å². The first kappa shape index (κ1) is 13.3. The molecule has 2 N–H and O–H groups in total. The molecule has 0 fully saturated rings. The van der Waals surface area contributed by atoms with Gasteiger partial charge in [0.25, 0.3) is 5.69 Å². The predicted molar refractivity (Wildman–Crippen MR) is 71.0 cm³/mol. The van der Waals surface area contributed by atoms with Gasteiger partial charge in [0.15, 0.2) is 0 Å². The van der Waals surface area contributed by atoms with E-state index in [0.29, 0.717) is 11.4 Å². The van der Waals surface area contributed by atoms with Crippen LogP contribution >= 0.6 is 0 Å².